The fourth-order valence-electron chi connectivity index (χ4n) is 1.69. The lowest BCUT2D eigenvalue weighted by molar-refractivity contribution is -0.137. The summed E-state index contributed by atoms with van der Waals surface area (Å²) in [7, 11) is 0. The largest absolute Gasteiger partial charge is 0.426 e. The number of carbonyl (C=O) groups excluding carboxylic acids is 2. The van der Waals surface area contributed by atoms with Crippen molar-refractivity contribution in [2.24, 2.45) is 5.92 Å². The summed E-state index contributed by atoms with van der Waals surface area (Å²) in [5.41, 5.74) is 1.12. The Morgan fingerprint density at radius 3 is 2.20 bits per heavy atom. The molecule has 20 heavy (non-hydrogen) atoms. The molecule has 0 heterocycles. The van der Waals surface area contributed by atoms with E-state index >= 15 is 0 Å². The van der Waals surface area contributed by atoms with E-state index in [9.17, 15) is 9.59 Å². The van der Waals surface area contributed by atoms with Crippen LogP contribution in [0.15, 0.2) is 54.6 Å². The van der Waals surface area contributed by atoms with Crippen LogP contribution in [-0.4, -0.2) is 11.8 Å². The number of carbonyl (C=O) groups is 2. The van der Waals surface area contributed by atoms with Gasteiger partial charge >= 0.3 is 5.97 Å². The van der Waals surface area contributed by atoms with Crippen LogP contribution in [0.5, 0.6) is 5.75 Å². The van der Waals surface area contributed by atoms with E-state index in [2.05, 4.69) is 0 Å². The average Bonchev–Trinajstić information content (AvgIpc) is 2.47. The zero-order valence-electron chi connectivity index (χ0n) is 11.5. The standard InChI is InChI=1S/C17H16O3/c1-12(2)17(19)20-15-10-6-9-14(11-15)16(18)13-7-4-3-5-8-13/h3-12H,1-2H3. The highest BCUT2D eigenvalue weighted by molar-refractivity contribution is 6.09. The fraction of sp³-hybridized carbons (Fsp3) is 0.176. The number of hydrogen-bond donors (Lipinski definition) is 0. The molecule has 102 valence electrons. The Labute approximate surface area is 118 Å². The second-order valence-electron chi connectivity index (χ2n) is 4.80. The molecule has 0 spiro atoms. The van der Waals surface area contributed by atoms with Crippen molar-refractivity contribution < 1.29 is 14.3 Å². The molecule has 0 fully saturated rings. The van der Waals surface area contributed by atoms with Crippen molar-refractivity contribution in [1.82, 2.24) is 0 Å². The van der Waals surface area contributed by atoms with Crippen LogP contribution in [0.2, 0.25) is 0 Å². The van der Waals surface area contributed by atoms with Crippen molar-refractivity contribution in [2.75, 3.05) is 0 Å². The average molecular weight is 268 g/mol. The molecule has 2 aromatic carbocycles. The lowest BCUT2D eigenvalue weighted by atomic mass is 10.0. The predicted molar refractivity (Wildman–Crippen MR) is 76.8 cm³/mol. The quantitative estimate of drug-likeness (QED) is 0.484. The highest BCUT2D eigenvalue weighted by atomic mass is 16.5. The first-order valence-corrected chi connectivity index (χ1v) is 6.49. The zero-order chi connectivity index (χ0) is 14.5. The van der Waals surface area contributed by atoms with E-state index < -0.39 is 0 Å². The first kappa shape index (κ1) is 14.0. The van der Waals surface area contributed by atoms with Crippen molar-refractivity contribution in [1.29, 1.82) is 0 Å². The van der Waals surface area contributed by atoms with Gasteiger partial charge in [0.15, 0.2) is 5.78 Å². The number of hydrogen-bond acceptors (Lipinski definition) is 3. The molecule has 0 aliphatic heterocycles. The minimum absolute atomic E-state index is 0.0898. The Morgan fingerprint density at radius 2 is 1.55 bits per heavy atom. The minimum atomic E-state index is -0.311. The Bertz CT molecular complexity index is 615. The topological polar surface area (TPSA) is 43.4 Å². The highest BCUT2D eigenvalue weighted by Crippen LogP contribution is 2.17. The molecule has 0 bridgehead atoms. The van der Waals surface area contributed by atoms with E-state index in [0.717, 1.165) is 0 Å². The third-order valence-corrected chi connectivity index (χ3v) is 2.82. The van der Waals surface area contributed by atoms with Crippen LogP contribution in [0, 0.1) is 5.92 Å². The molecule has 0 N–H and O–H groups in total. The van der Waals surface area contributed by atoms with Gasteiger partial charge in [-0.2, -0.15) is 0 Å². The Balaban J connectivity index is 2.22. The number of ketones is 1. The second kappa shape index (κ2) is 6.15. The van der Waals surface area contributed by atoms with E-state index in [-0.39, 0.29) is 17.7 Å². The molecule has 0 amide bonds. The number of rotatable bonds is 4. The van der Waals surface area contributed by atoms with Crippen LogP contribution in [0.1, 0.15) is 29.8 Å². The lowest BCUT2D eigenvalue weighted by Gasteiger charge is -2.08. The normalized spacial score (nSPS) is 10.3. The van der Waals surface area contributed by atoms with Gasteiger partial charge in [0.25, 0.3) is 0 Å². The van der Waals surface area contributed by atoms with E-state index in [1.165, 1.54) is 0 Å². The van der Waals surface area contributed by atoms with Crippen molar-refractivity contribution in [3.05, 3.63) is 65.7 Å². The molecule has 0 aromatic heterocycles. The minimum Gasteiger partial charge on any atom is -0.426 e. The summed E-state index contributed by atoms with van der Waals surface area (Å²) in [6.07, 6.45) is 0. The van der Waals surface area contributed by atoms with Crippen LogP contribution in [-0.2, 0) is 4.79 Å². The van der Waals surface area contributed by atoms with Gasteiger partial charge in [-0.3, -0.25) is 9.59 Å². The molecule has 3 heteroatoms. The molecule has 0 atom stereocenters. The maximum absolute atomic E-state index is 12.3. The summed E-state index contributed by atoms with van der Waals surface area (Å²) in [6.45, 7) is 3.53. The summed E-state index contributed by atoms with van der Waals surface area (Å²) in [6, 6.07) is 15.7. The molecular weight excluding hydrogens is 252 g/mol. The Morgan fingerprint density at radius 1 is 0.900 bits per heavy atom. The maximum atomic E-state index is 12.3. The molecule has 3 nitrogen and oxygen atoms in total. The number of benzene rings is 2. The maximum Gasteiger partial charge on any atom is 0.313 e. The van der Waals surface area contributed by atoms with Crippen molar-refractivity contribution in [2.45, 2.75) is 13.8 Å². The van der Waals surface area contributed by atoms with Crippen molar-refractivity contribution >= 4 is 11.8 Å². The molecule has 0 saturated heterocycles. The van der Waals surface area contributed by atoms with Crippen LogP contribution >= 0.6 is 0 Å². The van der Waals surface area contributed by atoms with Gasteiger partial charge < -0.3 is 4.74 Å². The molecular formula is C17H16O3. The van der Waals surface area contributed by atoms with Crippen molar-refractivity contribution in [3.8, 4) is 5.75 Å². The van der Waals surface area contributed by atoms with Crippen molar-refractivity contribution in [3.63, 3.8) is 0 Å². The molecule has 0 radical (unpaired) electrons. The van der Waals surface area contributed by atoms with Crippen LogP contribution < -0.4 is 4.74 Å². The molecule has 0 aliphatic rings. The monoisotopic (exact) mass is 268 g/mol. The first-order valence-electron chi connectivity index (χ1n) is 6.49. The second-order valence-corrected chi connectivity index (χ2v) is 4.80. The third-order valence-electron chi connectivity index (χ3n) is 2.82. The van der Waals surface area contributed by atoms with Gasteiger partial charge in [0, 0.05) is 11.1 Å². The highest BCUT2D eigenvalue weighted by Gasteiger charge is 2.12. The molecule has 0 saturated carbocycles. The lowest BCUT2D eigenvalue weighted by Crippen LogP contribution is -2.15. The van der Waals surface area contributed by atoms with Gasteiger partial charge in [0.1, 0.15) is 5.75 Å². The van der Waals surface area contributed by atoms with Crippen LogP contribution in [0.4, 0.5) is 0 Å². The summed E-state index contributed by atoms with van der Waals surface area (Å²) in [5, 5.41) is 0. The van der Waals surface area contributed by atoms with E-state index in [0.29, 0.717) is 16.9 Å². The molecule has 2 aromatic rings. The molecule has 2 rings (SSSR count). The van der Waals surface area contributed by atoms with Gasteiger partial charge in [0.05, 0.1) is 5.92 Å². The first-order chi connectivity index (χ1) is 9.58. The van der Waals surface area contributed by atoms with Gasteiger partial charge in [-0.1, -0.05) is 56.3 Å². The molecule has 0 unspecified atom stereocenters. The van der Waals surface area contributed by atoms with Crippen LogP contribution in [0.3, 0.4) is 0 Å². The molecule has 0 aliphatic carbocycles. The van der Waals surface area contributed by atoms with Gasteiger partial charge in [-0.15, -0.1) is 0 Å². The third kappa shape index (κ3) is 3.32. The number of ether oxygens (including phenoxy) is 1. The summed E-state index contributed by atoms with van der Waals surface area (Å²) in [4.78, 5) is 23.8. The predicted octanol–water partition coefficient (Wildman–Crippen LogP) is 3.48. The summed E-state index contributed by atoms with van der Waals surface area (Å²) < 4.78 is 5.21. The van der Waals surface area contributed by atoms with E-state index in [4.69, 9.17) is 4.74 Å². The van der Waals surface area contributed by atoms with Gasteiger partial charge in [-0.25, -0.2) is 0 Å². The van der Waals surface area contributed by atoms with E-state index in [1.54, 1.807) is 50.2 Å². The number of esters is 1. The van der Waals surface area contributed by atoms with E-state index in [1.807, 2.05) is 18.2 Å². The van der Waals surface area contributed by atoms with Crippen LogP contribution in [0.25, 0.3) is 0 Å². The Hall–Kier alpha value is -2.42. The summed E-state index contributed by atoms with van der Waals surface area (Å²) >= 11 is 0. The summed E-state index contributed by atoms with van der Waals surface area (Å²) in [5.74, 6) is -0.212. The fourth-order valence-corrected chi connectivity index (χ4v) is 1.69. The van der Waals surface area contributed by atoms with Gasteiger partial charge in [-0.05, 0) is 12.1 Å². The smallest absolute Gasteiger partial charge is 0.313 e. The van der Waals surface area contributed by atoms with Gasteiger partial charge in [0.2, 0.25) is 0 Å². The SMILES string of the molecule is CC(C)C(=O)Oc1cccc(C(=O)c2ccccc2)c1. The zero-order valence-corrected chi connectivity index (χ0v) is 11.5. The Kier molecular flexibility index (Phi) is 4.31.